The summed E-state index contributed by atoms with van der Waals surface area (Å²) in [5.74, 6) is -1.79. The van der Waals surface area contributed by atoms with Gasteiger partial charge < -0.3 is 15.5 Å². The van der Waals surface area contributed by atoms with E-state index in [9.17, 15) is 18.4 Å². The first-order valence-corrected chi connectivity index (χ1v) is 10.7. The van der Waals surface area contributed by atoms with Crippen LogP contribution in [0.3, 0.4) is 0 Å². The topological polar surface area (TPSA) is 85.3 Å². The van der Waals surface area contributed by atoms with E-state index in [0.717, 1.165) is 5.56 Å². The summed E-state index contributed by atoms with van der Waals surface area (Å²) in [5, 5.41) is 3.27. The minimum Gasteiger partial charge on any atom is -0.460 e. The molecule has 0 saturated heterocycles. The zero-order valence-electron chi connectivity index (χ0n) is 19.0. The van der Waals surface area contributed by atoms with Crippen molar-refractivity contribution in [2.24, 2.45) is 5.73 Å². The molecule has 4 rings (SSSR count). The van der Waals surface area contributed by atoms with Crippen molar-refractivity contribution in [2.75, 3.05) is 0 Å². The molecule has 4 aromatic rings. The van der Waals surface area contributed by atoms with Crippen LogP contribution in [-0.2, 0) is 6.42 Å². The Balaban J connectivity index is 1.76. The van der Waals surface area contributed by atoms with Gasteiger partial charge in [0.25, 0.3) is 11.8 Å². The Morgan fingerprint density at radius 1 is 0.941 bits per heavy atom. The number of rotatable bonds is 5. The van der Waals surface area contributed by atoms with Crippen molar-refractivity contribution in [3.63, 3.8) is 0 Å². The number of carbonyl (C=O) groups is 2. The lowest BCUT2D eigenvalue weighted by Gasteiger charge is -2.21. The molecule has 0 fully saturated rings. The quantitative estimate of drug-likeness (QED) is 0.405. The molecule has 174 valence electrons. The lowest BCUT2D eigenvalue weighted by molar-refractivity contribution is 0.0914. The Hall–Kier alpha value is -4.00. The number of fused-ring (bicyclic) bond motifs is 1. The number of hydrogen-bond acceptors (Lipinski definition) is 3. The van der Waals surface area contributed by atoms with E-state index < -0.39 is 23.2 Å². The number of amides is 2. The molecule has 34 heavy (non-hydrogen) atoms. The second kappa shape index (κ2) is 8.74. The van der Waals surface area contributed by atoms with Crippen LogP contribution in [0, 0.1) is 11.6 Å². The first-order valence-electron chi connectivity index (χ1n) is 10.7. The molecule has 0 aliphatic rings. The van der Waals surface area contributed by atoms with Crippen LogP contribution in [0.1, 0.15) is 52.8 Å². The fraction of sp³-hybridized carbons (Fsp3) is 0.185. The number of nitrogens with one attached hydrogen (secondary N) is 1. The van der Waals surface area contributed by atoms with Gasteiger partial charge in [-0.3, -0.25) is 9.59 Å². The molecule has 0 saturated carbocycles. The van der Waals surface area contributed by atoms with Crippen molar-refractivity contribution in [3.05, 3.63) is 94.7 Å². The third kappa shape index (κ3) is 4.83. The van der Waals surface area contributed by atoms with Crippen molar-refractivity contribution in [3.8, 4) is 11.1 Å². The Morgan fingerprint density at radius 2 is 1.59 bits per heavy atom. The molecule has 1 heterocycles. The second-order valence-electron chi connectivity index (χ2n) is 9.18. The van der Waals surface area contributed by atoms with Crippen LogP contribution in [0.15, 0.2) is 65.1 Å². The maximum atomic E-state index is 14.4. The van der Waals surface area contributed by atoms with Gasteiger partial charge in [0.1, 0.15) is 23.0 Å². The average Bonchev–Trinajstić information content (AvgIpc) is 3.11. The highest BCUT2D eigenvalue weighted by Gasteiger charge is 2.21. The highest BCUT2D eigenvalue weighted by Crippen LogP contribution is 2.32. The van der Waals surface area contributed by atoms with E-state index in [4.69, 9.17) is 10.2 Å². The maximum Gasteiger partial charge on any atom is 0.254 e. The smallest absolute Gasteiger partial charge is 0.254 e. The van der Waals surface area contributed by atoms with E-state index in [1.807, 2.05) is 20.8 Å². The largest absolute Gasteiger partial charge is 0.460 e. The summed E-state index contributed by atoms with van der Waals surface area (Å²) in [6.07, 6.45) is 0.260. The Bertz CT molecular complexity index is 1400. The Kier molecular flexibility index (Phi) is 5.96. The van der Waals surface area contributed by atoms with E-state index in [-0.39, 0.29) is 23.4 Å². The van der Waals surface area contributed by atoms with Gasteiger partial charge in [-0.15, -0.1) is 0 Å². The Morgan fingerprint density at radius 3 is 2.24 bits per heavy atom. The molecule has 0 bridgehead atoms. The first-order chi connectivity index (χ1) is 16.0. The lowest BCUT2D eigenvalue weighted by Crippen LogP contribution is -2.40. The van der Waals surface area contributed by atoms with Crippen LogP contribution in [0.2, 0.25) is 0 Å². The summed E-state index contributed by atoms with van der Waals surface area (Å²) >= 11 is 0. The normalized spacial score (nSPS) is 11.6. The minimum atomic E-state index is -0.655. The van der Waals surface area contributed by atoms with Gasteiger partial charge in [0, 0.05) is 17.3 Å². The van der Waals surface area contributed by atoms with Gasteiger partial charge in [-0.2, -0.15) is 0 Å². The van der Waals surface area contributed by atoms with E-state index in [1.165, 1.54) is 24.3 Å². The number of hydrogen-bond donors (Lipinski definition) is 2. The summed E-state index contributed by atoms with van der Waals surface area (Å²) in [5.41, 5.74) is 7.78. The van der Waals surface area contributed by atoms with E-state index >= 15 is 0 Å². The van der Waals surface area contributed by atoms with Gasteiger partial charge in [-0.25, -0.2) is 8.78 Å². The highest BCUT2D eigenvalue weighted by atomic mass is 19.1. The zero-order valence-corrected chi connectivity index (χ0v) is 19.0. The molecule has 2 amide bonds. The number of carbonyl (C=O) groups excluding carboxylic acids is 2. The van der Waals surface area contributed by atoms with Gasteiger partial charge in [-0.05, 0) is 73.9 Å². The molecule has 0 aliphatic heterocycles. The van der Waals surface area contributed by atoms with Crippen molar-refractivity contribution in [1.29, 1.82) is 0 Å². The van der Waals surface area contributed by atoms with Gasteiger partial charge in [0.15, 0.2) is 0 Å². The Labute approximate surface area is 195 Å². The van der Waals surface area contributed by atoms with Gasteiger partial charge >= 0.3 is 0 Å². The van der Waals surface area contributed by atoms with Crippen LogP contribution in [0.5, 0.6) is 0 Å². The average molecular weight is 462 g/mol. The number of furan rings is 1. The molecular weight excluding hydrogens is 438 g/mol. The molecule has 3 N–H and O–H groups in total. The second-order valence-corrected chi connectivity index (χ2v) is 9.18. The third-order valence-corrected chi connectivity index (χ3v) is 5.32. The lowest BCUT2D eigenvalue weighted by atomic mass is 9.98. The molecule has 0 aliphatic carbocycles. The maximum absolute atomic E-state index is 14.4. The SMILES string of the molecule is CC(C)(C)NC(=O)c1cc(-c2ccc3oc(Cc4ccc(F)cc4)c(C(N)=O)c3c2)ccc1F. The van der Waals surface area contributed by atoms with Crippen molar-refractivity contribution < 1.29 is 22.8 Å². The predicted octanol–water partition coefficient (Wildman–Crippen LogP) is 5.60. The van der Waals surface area contributed by atoms with Gasteiger partial charge in [-0.1, -0.05) is 24.3 Å². The number of nitrogens with two attached hydrogens (primary N) is 1. The summed E-state index contributed by atoms with van der Waals surface area (Å²) in [6.45, 7) is 5.44. The van der Waals surface area contributed by atoms with Gasteiger partial charge in [0.2, 0.25) is 0 Å². The molecule has 0 unspecified atom stereocenters. The van der Waals surface area contributed by atoms with Crippen LogP contribution in [0.4, 0.5) is 8.78 Å². The summed E-state index contributed by atoms with van der Waals surface area (Å²) in [4.78, 5) is 24.9. The molecule has 0 atom stereocenters. The standard InChI is InChI=1S/C27H24F2N2O3/c1-27(2,3)31-26(33)19-13-16(6-10-21(19)29)17-7-11-22-20(14-17)24(25(30)32)23(34-22)12-15-4-8-18(28)9-5-15/h4-11,13-14H,12H2,1-3H3,(H2,30,32)(H,31,33). The summed E-state index contributed by atoms with van der Waals surface area (Å²) in [6, 6.07) is 15.4. The van der Waals surface area contributed by atoms with Crippen LogP contribution in [0.25, 0.3) is 22.1 Å². The molecule has 0 spiro atoms. The van der Waals surface area contributed by atoms with Crippen molar-refractivity contribution >= 4 is 22.8 Å². The number of halogens is 2. The molecular formula is C27H24F2N2O3. The van der Waals surface area contributed by atoms with E-state index in [1.54, 1.807) is 36.4 Å². The number of benzene rings is 3. The minimum absolute atomic E-state index is 0.0770. The zero-order chi connectivity index (χ0) is 24.6. The molecule has 0 radical (unpaired) electrons. The van der Waals surface area contributed by atoms with Crippen LogP contribution < -0.4 is 11.1 Å². The summed E-state index contributed by atoms with van der Waals surface area (Å²) < 4.78 is 33.6. The van der Waals surface area contributed by atoms with E-state index in [0.29, 0.717) is 27.9 Å². The van der Waals surface area contributed by atoms with Gasteiger partial charge in [0.05, 0.1) is 11.1 Å². The predicted molar refractivity (Wildman–Crippen MR) is 127 cm³/mol. The van der Waals surface area contributed by atoms with Crippen LogP contribution >= 0.6 is 0 Å². The monoisotopic (exact) mass is 462 g/mol. The first kappa shape index (κ1) is 23.2. The fourth-order valence-corrected chi connectivity index (χ4v) is 3.80. The fourth-order valence-electron chi connectivity index (χ4n) is 3.80. The van der Waals surface area contributed by atoms with Crippen molar-refractivity contribution in [1.82, 2.24) is 5.32 Å². The van der Waals surface area contributed by atoms with Crippen LogP contribution in [-0.4, -0.2) is 17.4 Å². The highest BCUT2D eigenvalue weighted by molar-refractivity contribution is 6.07. The molecule has 1 aromatic heterocycles. The molecule has 3 aromatic carbocycles. The summed E-state index contributed by atoms with van der Waals surface area (Å²) in [7, 11) is 0. The third-order valence-electron chi connectivity index (χ3n) is 5.32. The molecule has 5 nitrogen and oxygen atoms in total. The van der Waals surface area contributed by atoms with Crippen molar-refractivity contribution in [2.45, 2.75) is 32.7 Å². The molecule has 7 heteroatoms. The number of primary amides is 1. The van der Waals surface area contributed by atoms with E-state index in [2.05, 4.69) is 5.32 Å².